The third-order valence-corrected chi connectivity index (χ3v) is 4.17. The van der Waals surface area contributed by atoms with Gasteiger partial charge in [-0.2, -0.15) is 0 Å². The summed E-state index contributed by atoms with van der Waals surface area (Å²) in [7, 11) is 1.76. The first-order valence-electron chi connectivity index (χ1n) is 6.35. The van der Waals surface area contributed by atoms with E-state index in [1.54, 1.807) is 29.9 Å². The monoisotopic (exact) mass is 348 g/mol. The van der Waals surface area contributed by atoms with Gasteiger partial charge in [0.1, 0.15) is 5.69 Å². The normalized spacial score (nSPS) is 10.7. The highest BCUT2D eigenvalue weighted by Gasteiger charge is 2.21. The van der Waals surface area contributed by atoms with E-state index < -0.39 is 4.92 Å². The summed E-state index contributed by atoms with van der Waals surface area (Å²) < 4.78 is 1.70. The average molecular weight is 349 g/mol. The number of aromatic nitrogens is 5. The van der Waals surface area contributed by atoms with Gasteiger partial charge in [0.15, 0.2) is 16.0 Å². The third kappa shape index (κ3) is 3.15. The van der Waals surface area contributed by atoms with Crippen LogP contribution in [0.2, 0.25) is 5.02 Å². The van der Waals surface area contributed by atoms with E-state index in [1.807, 2.05) is 6.07 Å². The molecule has 116 valence electrons. The van der Waals surface area contributed by atoms with Crippen LogP contribution < -0.4 is 0 Å². The average Bonchev–Trinajstić information content (AvgIpc) is 2.91. The van der Waals surface area contributed by atoms with E-state index in [9.17, 15) is 10.1 Å². The minimum Gasteiger partial charge on any atom is -0.304 e. The van der Waals surface area contributed by atoms with Crippen LogP contribution in [0.15, 0.2) is 46.8 Å². The van der Waals surface area contributed by atoms with Crippen LogP contribution in [0.4, 0.5) is 5.69 Å². The highest BCUT2D eigenvalue weighted by molar-refractivity contribution is 7.99. The maximum absolute atomic E-state index is 11.1. The first-order chi connectivity index (χ1) is 11.1. The van der Waals surface area contributed by atoms with Crippen molar-refractivity contribution >= 4 is 29.1 Å². The zero-order valence-corrected chi connectivity index (χ0v) is 13.3. The SMILES string of the molecule is Cn1c(Sc2ncc(Cl)cc2[N+](=O)[O-])nnc1-c1ccccn1. The summed E-state index contributed by atoms with van der Waals surface area (Å²) in [5.74, 6) is 0.560. The van der Waals surface area contributed by atoms with Crippen LogP contribution in [0.5, 0.6) is 0 Å². The van der Waals surface area contributed by atoms with E-state index in [4.69, 9.17) is 11.6 Å². The lowest BCUT2D eigenvalue weighted by Crippen LogP contribution is -1.98. The van der Waals surface area contributed by atoms with Crippen molar-refractivity contribution in [3.8, 4) is 11.5 Å². The molecule has 10 heteroatoms. The lowest BCUT2D eigenvalue weighted by Gasteiger charge is -2.03. The van der Waals surface area contributed by atoms with Gasteiger partial charge < -0.3 is 4.57 Å². The minimum absolute atomic E-state index is 0.176. The molecule has 0 aliphatic rings. The molecule has 0 fully saturated rings. The fraction of sp³-hybridized carbons (Fsp3) is 0.0769. The molecule has 0 saturated heterocycles. The molecular formula is C13H9ClN6O2S. The molecule has 0 aliphatic carbocycles. The highest BCUT2D eigenvalue weighted by Crippen LogP contribution is 2.34. The van der Waals surface area contributed by atoms with Crippen LogP contribution in [0.3, 0.4) is 0 Å². The van der Waals surface area contributed by atoms with E-state index >= 15 is 0 Å². The molecule has 0 spiro atoms. The van der Waals surface area contributed by atoms with E-state index in [0.717, 1.165) is 11.8 Å². The van der Waals surface area contributed by atoms with Crippen molar-refractivity contribution in [2.45, 2.75) is 10.2 Å². The fourth-order valence-corrected chi connectivity index (χ4v) is 2.81. The fourth-order valence-electron chi connectivity index (χ4n) is 1.83. The van der Waals surface area contributed by atoms with E-state index in [1.165, 1.54) is 12.3 Å². The van der Waals surface area contributed by atoms with Crippen molar-refractivity contribution in [1.29, 1.82) is 0 Å². The number of hydrogen-bond acceptors (Lipinski definition) is 7. The Morgan fingerprint density at radius 3 is 2.83 bits per heavy atom. The Kier molecular flexibility index (Phi) is 4.22. The maximum atomic E-state index is 11.1. The summed E-state index contributed by atoms with van der Waals surface area (Å²) in [6.07, 6.45) is 3.01. The number of hydrogen-bond donors (Lipinski definition) is 0. The summed E-state index contributed by atoms with van der Waals surface area (Å²) in [4.78, 5) is 18.8. The topological polar surface area (TPSA) is 99.6 Å². The Labute approximate surface area is 139 Å². The number of halogens is 1. The molecule has 3 heterocycles. The molecule has 0 saturated carbocycles. The number of rotatable bonds is 4. The van der Waals surface area contributed by atoms with Gasteiger partial charge in [-0.3, -0.25) is 15.1 Å². The molecule has 23 heavy (non-hydrogen) atoms. The first kappa shape index (κ1) is 15.4. The Balaban J connectivity index is 1.96. The molecule has 0 aliphatic heterocycles. The van der Waals surface area contributed by atoms with Crippen molar-refractivity contribution in [2.24, 2.45) is 7.05 Å². The Bertz CT molecular complexity index is 870. The van der Waals surface area contributed by atoms with E-state index in [2.05, 4.69) is 20.2 Å². The van der Waals surface area contributed by atoms with Crippen molar-refractivity contribution in [3.63, 3.8) is 0 Å². The van der Waals surface area contributed by atoms with Gasteiger partial charge in [0.2, 0.25) is 0 Å². The molecule has 3 rings (SSSR count). The summed E-state index contributed by atoms with van der Waals surface area (Å²) in [5, 5.41) is 20.1. The highest BCUT2D eigenvalue weighted by atomic mass is 35.5. The zero-order valence-electron chi connectivity index (χ0n) is 11.8. The van der Waals surface area contributed by atoms with Crippen molar-refractivity contribution < 1.29 is 4.92 Å². The molecule has 0 amide bonds. The Morgan fingerprint density at radius 1 is 1.30 bits per heavy atom. The van der Waals surface area contributed by atoms with Gasteiger partial charge >= 0.3 is 5.69 Å². The minimum atomic E-state index is -0.531. The molecule has 0 aromatic carbocycles. The standard InChI is InChI=1S/C13H9ClN6O2S/c1-19-11(9-4-2-3-5-15-9)17-18-13(19)23-12-10(20(21)22)6-8(14)7-16-12/h2-7H,1H3. The summed E-state index contributed by atoms with van der Waals surface area (Å²) >= 11 is 6.81. The summed E-state index contributed by atoms with van der Waals surface area (Å²) in [5.41, 5.74) is 0.484. The predicted molar refractivity (Wildman–Crippen MR) is 84.3 cm³/mol. The second kappa shape index (κ2) is 6.31. The zero-order chi connectivity index (χ0) is 16.4. The Morgan fingerprint density at radius 2 is 2.13 bits per heavy atom. The van der Waals surface area contributed by atoms with Crippen LogP contribution in [0, 0.1) is 10.1 Å². The number of nitro groups is 1. The molecule has 3 aromatic rings. The van der Waals surface area contributed by atoms with Gasteiger partial charge in [0, 0.05) is 25.5 Å². The van der Waals surface area contributed by atoms with Crippen LogP contribution in [0.25, 0.3) is 11.5 Å². The smallest absolute Gasteiger partial charge is 0.303 e. The first-order valence-corrected chi connectivity index (χ1v) is 7.54. The van der Waals surface area contributed by atoms with Crippen molar-refractivity contribution in [1.82, 2.24) is 24.7 Å². The molecule has 0 bridgehead atoms. The van der Waals surface area contributed by atoms with Gasteiger partial charge in [-0.25, -0.2) is 4.98 Å². The third-order valence-electron chi connectivity index (χ3n) is 2.91. The number of pyridine rings is 2. The lowest BCUT2D eigenvalue weighted by molar-refractivity contribution is -0.388. The quantitative estimate of drug-likeness (QED) is 0.527. The summed E-state index contributed by atoms with van der Waals surface area (Å²) in [6.45, 7) is 0. The van der Waals surface area contributed by atoms with Gasteiger partial charge in [-0.05, 0) is 23.9 Å². The van der Waals surface area contributed by atoms with E-state index in [-0.39, 0.29) is 15.7 Å². The molecule has 0 radical (unpaired) electrons. The number of nitrogens with zero attached hydrogens (tertiary/aromatic N) is 6. The van der Waals surface area contributed by atoms with Gasteiger partial charge in [0.05, 0.1) is 9.95 Å². The molecule has 0 unspecified atom stereocenters. The van der Waals surface area contributed by atoms with Crippen molar-refractivity contribution in [2.75, 3.05) is 0 Å². The van der Waals surface area contributed by atoms with Crippen LogP contribution in [0.1, 0.15) is 0 Å². The van der Waals surface area contributed by atoms with Crippen LogP contribution in [-0.2, 0) is 7.05 Å². The second-order valence-electron chi connectivity index (χ2n) is 4.42. The summed E-state index contributed by atoms with van der Waals surface area (Å²) in [6, 6.07) is 6.71. The van der Waals surface area contributed by atoms with Gasteiger partial charge in [-0.1, -0.05) is 17.7 Å². The van der Waals surface area contributed by atoms with Crippen molar-refractivity contribution in [3.05, 3.63) is 51.8 Å². The second-order valence-corrected chi connectivity index (χ2v) is 5.81. The molecular weight excluding hydrogens is 340 g/mol. The predicted octanol–water partition coefficient (Wildman–Crippen LogP) is 2.98. The van der Waals surface area contributed by atoms with Gasteiger partial charge in [-0.15, -0.1) is 10.2 Å². The van der Waals surface area contributed by atoms with Gasteiger partial charge in [0.25, 0.3) is 0 Å². The van der Waals surface area contributed by atoms with E-state index in [0.29, 0.717) is 16.7 Å². The molecule has 0 N–H and O–H groups in total. The maximum Gasteiger partial charge on any atom is 0.303 e. The van der Waals surface area contributed by atoms with Crippen LogP contribution >= 0.6 is 23.4 Å². The lowest BCUT2D eigenvalue weighted by atomic mass is 10.3. The molecule has 3 aromatic heterocycles. The Hall–Kier alpha value is -2.52. The van der Waals surface area contributed by atoms with Crippen LogP contribution in [-0.4, -0.2) is 29.7 Å². The largest absolute Gasteiger partial charge is 0.304 e. The molecule has 8 nitrogen and oxygen atoms in total. The molecule has 0 atom stereocenters.